The number of benzene rings is 1. The first kappa shape index (κ1) is 16.5. The van der Waals surface area contributed by atoms with Crippen molar-refractivity contribution in [3.63, 3.8) is 0 Å². The van der Waals surface area contributed by atoms with Gasteiger partial charge in [-0.2, -0.15) is 0 Å². The summed E-state index contributed by atoms with van der Waals surface area (Å²) in [6.07, 6.45) is 4.09. The molecule has 0 bridgehead atoms. The Kier molecular flexibility index (Phi) is 4.26. The van der Waals surface area contributed by atoms with Gasteiger partial charge in [-0.05, 0) is 37.0 Å². The maximum absolute atomic E-state index is 13.0. The minimum absolute atomic E-state index is 0.137. The number of aromatic amines is 1. The molecular weight excluding hydrogens is 330 g/mol. The molecule has 2 heterocycles. The molecule has 2 aromatic heterocycles. The number of carbonyl (C=O) groups excluding carboxylic acids is 1. The number of amides is 1. The SMILES string of the molecule is O=C(N[C@@H](c1ccccn1)C1CC(O)C1)c1c[nH]c(=O)c2ccccc12. The van der Waals surface area contributed by atoms with E-state index in [2.05, 4.69) is 15.3 Å². The molecule has 0 spiro atoms. The normalized spacial score (nSPS) is 20.3. The van der Waals surface area contributed by atoms with E-state index >= 15 is 0 Å². The van der Waals surface area contributed by atoms with Crippen molar-refractivity contribution in [3.05, 3.63) is 76.5 Å². The van der Waals surface area contributed by atoms with Crippen LogP contribution in [0.15, 0.2) is 59.7 Å². The van der Waals surface area contributed by atoms with E-state index in [0.717, 1.165) is 5.69 Å². The summed E-state index contributed by atoms with van der Waals surface area (Å²) in [5.41, 5.74) is 0.966. The van der Waals surface area contributed by atoms with Crippen LogP contribution in [0.3, 0.4) is 0 Å². The zero-order chi connectivity index (χ0) is 18.1. The van der Waals surface area contributed by atoms with Crippen LogP contribution in [-0.2, 0) is 0 Å². The Morgan fingerprint density at radius 2 is 1.88 bits per heavy atom. The summed E-state index contributed by atoms with van der Waals surface area (Å²) in [5.74, 6) is -0.132. The van der Waals surface area contributed by atoms with Gasteiger partial charge in [-0.1, -0.05) is 24.3 Å². The van der Waals surface area contributed by atoms with Crippen LogP contribution in [0.2, 0.25) is 0 Å². The van der Waals surface area contributed by atoms with Gasteiger partial charge in [-0.3, -0.25) is 14.6 Å². The average Bonchev–Trinajstić information content (AvgIpc) is 2.65. The van der Waals surface area contributed by atoms with Crippen LogP contribution in [0.5, 0.6) is 0 Å². The largest absolute Gasteiger partial charge is 0.393 e. The molecule has 1 aliphatic carbocycles. The molecule has 1 fully saturated rings. The van der Waals surface area contributed by atoms with Gasteiger partial charge in [0.05, 0.1) is 23.4 Å². The lowest BCUT2D eigenvalue weighted by Gasteiger charge is -2.37. The van der Waals surface area contributed by atoms with E-state index in [1.54, 1.807) is 30.5 Å². The number of aliphatic hydroxyl groups excluding tert-OH is 1. The predicted molar refractivity (Wildman–Crippen MR) is 97.7 cm³/mol. The van der Waals surface area contributed by atoms with Gasteiger partial charge in [-0.25, -0.2) is 0 Å². The molecule has 0 saturated heterocycles. The van der Waals surface area contributed by atoms with Gasteiger partial charge in [0.15, 0.2) is 0 Å². The lowest BCUT2D eigenvalue weighted by molar-refractivity contribution is 0.0228. The Morgan fingerprint density at radius 3 is 2.58 bits per heavy atom. The highest BCUT2D eigenvalue weighted by Crippen LogP contribution is 2.37. The molecule has 6 nitrogen and oxygen atoms in total. The van der Waals surface area contributed by atoms with E-state index in [9.17, 15) is 14.7 Å². The van der Waals surface area contributed by atoms with E-state index in [-0.39, 0.29) is 29.5 Å². The molecule has 3 aromatic rings. The Balaban J connectivity index is 1.67. The van der Waals surface area contributed by atoms with E-state index in [4.69, 9.17) is 0 Å². The number of H-pyrrole nitrogens is 1. The van der Waals surface area contributed by atoms with Gasteiger partial charge in [0, 0.05) is 23.2 Å². The smallest absolute Gasteiger partial charge is 0.255 e. The highest BCUT2D eigenvalue weighted by Gasteiger charge is 2.36. The van der Waals surface area contributed by atoms with Crippen molar-refractivity contribution in [2.75, 3.05) is 0 Å². The van der Waals surface area contributed by atoms with Crippen molar-refractivity contribution >= 4 is 16.7 Å². The molecule has 6 heteroatoms. The van der Waals surface area contributed by atoms with Crippen molar-refractivity contribution in [3.8, 4) is 0 Å². The zero-order valence-corrected chi connectivity index (χ0v) is 14.1. The Labute approximate surface area is 149 Å². The van der Waals surface area contributed by atoms with Crippen LogP contribution in [0, 0.1) is 5.92 Å². The number of aromatic nitrogens is 2. The van der Waals surface area contributed by atoms with Crippen molar-refractivity contribution < 1.29 is 9.90 Å². The number of pyridine rings is 2. The molecule has 1 atom stereocenters. The first-order chi connectivity index (χ1) is 12.6. The van der Waals surface area contributed by atoms with Gasteiger partial charge in [0.1, 0.15) is 0 Å². The number of carbonyl (C=O) groups is 1. The van der Waals surface area contributed by atoms with Gasteiger partial charge in [-0.15, -0.1) is 0 Å². The van der Waals surface area contributed by atoms with Crippen LogP contribution >= 0.6 is 0 Å². The monoisotopic (exact) mass is 349 g/mol. The summed E-state index contributed by atoms with van der Waals surface area (Å²) in [5, 5.41) is 13.8. The molecule has 0 radical (unpaired) electrons. The van der Waals surface area contributed by atoms with Crippen LogP contribution in [0.25, 0.3) is 10.8 Å². The van der Waals surface area contributed by atoms with Crippen LogP contribution in [-0.4, -0.2) is 27.1 Å². The third-order valence-corrected chi connectivity index (χ3v) is 4.97. The minimum Gasteiger partial charge on any atom is -0.393 e. The second-order valence-electron chi connectivity index (χ2n) is 6.67. The Hall–Kier alpha value is -2.99. The van der Waals surface area contributed by atoms with Crippen molar-refractivity contribution in [1.29, 1.82) is 0 Å². The van der Waals surface area contributed by atoms with Crippen molar-refractivity contribution in [2.45, 2.75) is 25.0 Å². The van der Waals surface area contributed by atoms with Crippen molar-refractivity contribution in [2.24, 2.45) is 5.92 Å². The molecule has 1 amide bonds. The number of rotatable bonds is 4. The lowest BCUT2D eigenvalue weighted by Crippen LogP contribution is -2.42. The number of aliphatic hydroxyl groups is 1. The average molecular weight is 349 g/mol. The van der Waals surface area contributed by atoms with Crippen molar-refractivity contribution in [1.82, 2.24) is 15.3 Å². The molecular formula is C20H19N3O3. The highest BCUT2D eigenvalue weighted by molar-refractivity contribution is 6.06. The van der Waals surface area contributed by atoms with E-state index in [1.165, 1.54) is 6.20 Å². The maximum Gasteiger partial charge on any atom is 0.255 e. The molecule has 1 aliphatic rings. The maximum atomic E-state index is 13.0. The van der Waals surface area contributed by atoms with Crippen LogP contribution in [0.4, 0.5) is 0 Å². The molecule has 132 valence electrons. The third-order valence-electron chi connectivity index (χ3n) is 4.97. The summed E-state index contributed by atoms with van der Waals surface area (Å²) in [7, 11) is 0. The predicted octanol–water partition coefficient (Wildman–Crippen LogP) is 2.17. The fourth-order valence-electron chi connectivity index (χ4n) is 3.51. The number of hydrogen-bond acceptors (Lipinski definition) is 4. The van der Waals surface area contributed by atoms with Gasteiger partial charge < -0.3 is 15.4 Å². The van der Waals surface area contributed by atoms with Gasteiger partial charge in [0.25, 0.3) is 11.5 Å². The summed E-state index contributed by atoms with van der Waals surface area (Å²) < 4.78 is 0. The third kappa shape index (κ3) is 2.99. The number of fused-ring (bicyclic) bond motifs is 1. The fourth-order valence-corrected chi connectivity index (χ4v) is 3.51. The molecule has 4 rings (SSSR count). The fraction of sp³-hybridized carbons (Fsp3) is 0.250. The second-order valence-corrected chi connectivity index (χ2v) is 6.67. The highest BCUT2D eigenvalue weighted by atomic mass is 16.3. The second kappa shape index (κ2) is 6.72. The van der Waals surface area contributed by atoms with Crippen LogP contribution in [0.1, 0.15) is 34.9 Å². The molecule has 0 aliphatic heterocycles. The summed E-state index contributed by atoms with van der Waals surface area (Å²) >= 11 is 0. The van der Waals surface area contributed by atoms with Gasteiger partial charge >= 0.3 is 0 Å². The first-order valence-electron chi connectivity index (χ1n) is 8.64. The zero-order valence-electron chi connectivity index (χ0n) is 14.1. The Bertz CT molecular complexity index is 994. The van der Waals surface area contributed by atoms with E-state index < -0.39 is 0 Å². The summed E-state index contributed by atoms with van der Waals surface area (Å²) in [4.78, 5) is 31.9. The standard InChI is InChI=1S/C20H19N3O3/c24-13-9-12(10-13)18(17-7-3-4-8-21-17)23-20(26)16-11-22-19(25)15-6-2-1-5-14(15)16/h1-8,11-13,18,24H,9-10H2,(H,22,25)(H,23,26)/t12?,13?,18-/m1/s1. The molecule has 0 unspecified atom stereocenters. The van der Waals surface area contributed by atoms with Gasteiger partial charge in [0.2, 0.25) is 0 Å². The Morgan fingerprint density at radius 1 is 1.15 bits per heavy atom. The van der Waals surface area contributed by atoms with Crippen LogP contribution < -0.4 is 10.9 Å². The summed E-state index contributed by atoms with van der Waals surface area (Å²) in [6, 6.07) is 12.3. The van der Waals surface area contributed by atoms with E-state index in [1.807, 2.05) is 18.2 Å². The molecule has 26 heavy (non-hydrogen) atoms. The number of nitrogens with one attached hydrogen (secondary N) is 2. The quantitative estimate of drug-likeness (QED) is 0.673. The molecule has 1 aromatic carbocycles. The molecule has 1 saturated carbocycles. The number of hydrogen-bond donors (Lipinski definition) is 3. The first-order valence-corrected chi connectivity index (χ1v) is 8.64. The summed E-state index contributed by atoms with van der Waals surface area (Å²) in [6.45, 7) is 0. The lowest BCUT2D eigenvalue weighted by atomic mass is 9.76. The molecule has 3 N–H and O–H groups in total. The van der Waals surface area contributed by atoms with E-state index in [0.29, 0.717) is 29.2 Å². The number of nitrogens with zero attached hydrogens (tertiary/aromatic N) is 1. The topological polar surface area (TPSA) is 95.1 Å². The minimum atomic E-state index is -0.322.